The molecule has 4 heteroatoms. The first-order valence-corrected chi connectivity index (χ1v) is 5.29. The predicted molar refractivity (Wildman–Crippen MR) is 59.0 cm³/mol. The summed E-state index contributed by atoms with van der Waals surface area (Å²) in [6.45, 7) is 7.70. The first-order valence-electron chi connectivity index (χ1n) is 5.29. The van der Waals surface area contributed by atoms with E-state index in [1.807, 2.05) is 13.8 Å². The highest BCUT2D eigenvalue weighted by molar-refractivity contribution is 5.20. The average molecular weight is 212 g/mol. The number of hydrogen-bond acceptors (Lipinski definition) is 4. The van der Waals surface area contributed by atoms with Crippen LogP contribution < -0.4 is 5.32 Å². The first-order chi connectivity index (χ1) is 7.15. The molecule has 1 heterocycles. The van der Waals surface area contributed by atoms with E-state index in [0.29, 0.717) is 6.04 Å². The van der Waals surface area contributed by atoms with Gasteiger partial charge < -0.3 is 14.6 Å². The summed E-state index contributed by atoms with van der Waals surface area (Å²) in [5.41, 5.74) is 2.21. The van der Waals surface area contributed by atoms with Gasteiger partial charge in [-0.2, -0.15) is 0 Å². The Labute approximate surface area is 91.0 Å². The van der Waals surface area contributed by atoms with E-state index in [1.165, 1.54) is 5.56 Å². The van der Waals surface area contributed by atoms with Crippen molar-refractivity contribution >= 4 is 0 Å². The van der Waals surface area contributed by atoms with E-state index in [0.717, 1.165) is 31.0 Å². The van der Waals surface area contributed by atoms with Crippen molar-refractivity contribution in [3.8, 4) is 0 Å². The molecule has 4 nitrogen and oxygen atoms in total. The number of hydrogen-bond donors (Lipinski definition) is 1. The summed E-state index contributed by atoms with van der Waals surface area (Å²) in [5, 5.41) is 7.30. The lowest BCUT2D eigenvalue weighted by Crippen LogP contribution is -2.31. The van der Waals surface area contributed by atoms with Crippen molar-refractivity contribution in [2.24, 2.45) is 0 Å². The fourth-order valence-corrected chi connectivity index (χ4v) is 1.61. The molecular weight excluding hydrogens is 192 g/mol. The average Bonchev–Trinajstić information content (AvgIpc) is 2.49. The normalized spacial score (nSPS) is 13.1. The van der Waals surface area contributed by atoms with Crippen LogP contribution in [0.1, 0.15) is 23.9 Å². The molecular formula is C11H20N2O2. The van der Waals surface area contributed by atoms with Gasteiger partial charge in [-0.15, -0.1) is 0 Å². The number of aromatic nitrogens is 1. The van der Waals surface area contributed by atoms with Crippen LogP contribution in [0.3, 0.4) is 0 Å². The predicted octanol–water partition coefficient (Wildman–Crippen LogP) is 1.46. The van der Waals surface area contributed by atoms with E-state index in [2.05, 4.69) is 17.4 Å². The van der Waals surface area contributed by atoms with Crippen molar-refractivity contribution in [1.82, 2.24) is 10.5 Å². The van der Waals surface area contributed by atoms with E-state index < -0.39 is 0 Å². The van der Waals surface area contributed by atoms with Crippen LogP contribution in [0.25, 0.3) is 0 Å². The Morgan fingerprint density at radius 2 is 2.20 bits per heavy atom. The van der Waals surface area contributed by atoms with Crippen molar-refractivity contribution in [3.05, 3.63) is 17.0 Å². The minimum atomic E-state index is 0.385. The second-order valence-corrected chi connectivity index (χ2v) is 3.86. The van der Waals surface area contributed by atoms with Gasteiger partial charge in [-0.3, -0.25) is 0 Å². The molecule has 1 unspecified atom stereocenters. The Morgan fingerprint density at radius 3 is 2.73 bits per heavy atom. The number of nitrogens with one attached hydrogen (secondary N) is 1. The molecule has 0 aliphatic carbocycles. The van der Waals surface area contributed by atoms with Crippen molar-refractivity contribution in [3.63, 3.8) is 0 Å². The summed E-state index contributed by atoms with van der Waals surface area (Å²) in [5.74, 6) is 0.925. The zero-order valence-corrected chi connectivity index (χ0v) is 9.96. The molecule has 0 aliphatic heterocycles. The van der Waals surface area contributed by atoms with Crippen LogP contribution in [0.2, 0.25) is 0 Å². The smallest absolute Gasteiger partial charge is 0.137 e. The molecule has 86 valence electrons. The Hall–Kier alpha value is -0.870. The standard InChI is InChI=1S/C11H20N2O2/c1-8(7-14-4)12-6-5-11-9(2)13-15-10(11)3/h8,12H,5-7H2,1-4H3. The van der Waals surface area contributed by atoms with Crippen LogP contribution in [-0.4, -0.2) is 31.5 Å². The molecule has 0 aliphatic rings. The monoisotopic (exact) mass is 212 g/mol. The number of ether oxygens (including phenoxy) is 1. The molecule has 1 aromatic rings. The summed E-state index contributed by atoms with van der Waals surface area (Å²) in [6, 6.07) is 0.385. The van der Waals surface area contributed by atoms with Crippen LogP contribution >= 0.6 is 0 Å². The molecule has 0 bridgehead atoms. The maximum Gasteiger partial charge on any atom is 0.137 e. The number of nitrogens with zero attached hydrogens (tertiary/aromatic N) is 1. The number of aryl methyl sites for hydroxylation is 2. The Balaban J connectivity index is 2.31. The van der Waals surface area contributed by atoms with Crippen LogP contribution in [0.4, 0.5) is 0 Å². The van der Waals surface area contributed by atoms with Gasteiger partial charge in [-0.05, 0) is 33.7 Å². The first kappa shape index (κ1) is 12.2. The van der Waals surface area contributed by atoms with Crippen molar-refractivity contribution in [1.29, 1.82) is 0 Å². The summed E-state index contributed by atoms with van der Waals surface area (Å²) >= 11 is 0. The summed E-state index contributed by atoms with van der Waals surface area (Å²) in [6.07, 6.45) is 0.954. The highest BCUT2D eigenvalue weighted by Crippen LogP contribution is 2.12. The van der Waals surface area contributed by atoms with Gasteiger partial charge >= 0.3 is 0 Å². The SMILES string of the molecule is COCC(C)NCCc1c(C)noc1C. The van der Waals surface area contributed by atoms with Gasteiger partial charge in [0.1, 0.15) is 5.76 Å². The van der Waals surface area contributed by atoms with Gasteiger partial charge in [-0.1, -0.05) is 5.16 Å². The lowest BCUT2D eigenvalue weighted by molar-refractivity contribution is 0.172. The summed E-state index contributed by atoms with van der Waals surface area (Å²) in [7, 11) is 1.71. The Morgan fingerprint density at radius 1 is 1.47 bits per heavy atom. The van der Waals surface area contributed by atoms with Gasteiger partial charge in [0.2, 0.25) is 0 Å². The van der Waals surface area contributed by atoms with E-state index in [-0.39, 0.29) is 0 Å². The third-order valence-corrected chi connectivity index (χ3v) is 2.47. The fourth-order valence-electron chi connectivity index (χ4n) is 1.61. The number of methoxy groups -OCH3 is 1. The van der Waals surface area contributed by atoms with Crippen molar-refractivity contribution in [2.45, 2.75) is 33.2 Å². The molecule has 0 saturated heterocycles. The third-order valence-electron chi connectivity index (χ3n) is 2.47. The highest BCUT2D eigenvalue weighted by Gasteiger charge is 2.08. The van der Waals surface area contributed by atoms with Crippen molar-refractivity contribution < 1.29 is 9.26 Å². The second-order valence-electron chi connectivity index (χ2n) is 3.86. The van der Waals surface area contributed by atoms with Crippen LogP contribution in [-0.2, 0) is 11.2 Å². The molecule has 0 saturated carbocycles. The summed E-state index contributed by atoms with van der Waals surface area (Å²) in [4.78, 5) is 0. The van der Waals surface area contributed by atoms with Gasteiger partial charge in [0, 0.05) is 18.7 Å². The minimum Gasteiger partial charge on any atom is -0.383 e. The van der Waals surface area contributed by atoms with E-state index in [4.69, 9.17) is 9.26 Å². The van der Waals surface area contributed by atoms with Gasteiger partial charge in [0.05, 0.1) is 12.3 Å². The maximum absolute atomic E-state index is 5.10. The minimum absolute atomic E-state index is 0.385. The molecule has 1 N–H and O–H groups in total. The van der Waals surface area contributed by atoms with Crippen molar-refractivity contribution in [2.75, 3.05) is 20.3 Å². The molecule has 0 radical (unpaired) electrons. The second kappa shape index (κ2) is 5.88. The molecule has 0 aromatic carbocycles. The molecule has 0 spiro atoms. The molecule has 1 aromatic heterocycles. The zero-order chi connectivity index (χ0) is 11.3. The van der Waals surface area contributed by atoms with Gasteiger partial charge in [-0.25, -0.2) is 0 Å². The van der Waals surface area contributed by atoms with Gasteiger partial charge in [0.25, 0.3) is 0 Å². The molecule has 1 atom stereocenters. The lowest BCUT2D eigenvalue weighted by atomic mass is 10.1. The van der Waals surface area contributed by atoms with Gasteiger partial charge in [0.15, 0.2) is 0 Å². The molecule has 1 rings (SSSR count). The lowest BCUT2D eigenvalue weighted by Gasteiger charge is -2.12. The Kier molecular flexibility index (Phi) is 4.78. The quantitative estimate of drug-likeness (QED) is 0.775. The van der Waals surface area contributed by atoms with E-state index in [1.54, 1.807) is 7.11 Å². The van der Waals surface area contributed by atoms with E-state index in [9.17, 15) is 0 Å². The largest absolute Gasteiger partial charge is 0.383 e. The molecule has 0 amide bonds. The fraction of sp³-hybridized carbons (Fsp3) is 0.727. The molecule has 0 fully saturated rings. The third kappa shape index (κ3) is 3.64. The highest BCUT2D eigenvalue weighted by atomic mass is 16.5. The van der Waals surface area contributed by atoms with Crippen LogP contribution in [0.5, 0.6) is 0 Å². The zero-order valence-electron chi connectivity index (χ0n) is 9.96. The maximum atomic E-state index is 5.10. The van der Waals surface area contributed by atoms with Crippen LogP contribution in [0.15, 0.2) is 4.52 Å². The molecule has 15 heavy (non-hydrogen) atoms. The van der Waals surface area contributed by atoms with Crippen LogP contribution in [0, 0.1) is 13.8 Å². The summed E-state index contributed by atoms with van der Waals surface area (Å²) < 4.78 is 10.1. The Bertz CT molecular complexity index is 277. The topological polar surface area (TPSA) is 47.3 Å². The van der Waals surface area contributed by atoms with E-state index >= 15 is 0 Å². The number of rotatable bonds is 6.